The van der Waals surface area contributed by atoms with Crippen molar-refractivity contribution in [3.8, 4) is 5.88 Å². The first-order chi connectivity index (χ1) is 5.82. The molecule has 0 aliphatic carbocycles. The molecule has 13 heavy (non-hydrogen) atoms. The first-order valence-electron chi connectivity index (χ1n) is 3.10. The van der Waals surface area contributed by atoms with Crippen LogP contribution in [0.3, 0.4) is 0 Å². The molecule has 0 aliphatic heterocycles. The van der Waals surface area contributed by atoms with Gasteiger partial charge in [-0.05, 0) is 6.92 Å². The maximum atomic E-state index is 11.0. The summed E-state index contributed by atoms with van der Waals surface area (Å²) in [4.78, 5) is 14.4. The van der Waals surface area contributed by atoms with Crippen molar-refractivity contribution in [2.45, 2.75) is 10.7 Å². The fourth-order valence-electron chi connectivity index (χ4n) is 0.580. The summed E-state index contributed by atoms with van der Waals surface area (Å²) in [7, 11) is 0. The molecular formula is C6H4Cl3NO3. The van der Waals surface area contributed by atoms with E-state index in [4.69, 9.17) is 39.9 Å². The third-order valence-electron chi connectivity index (χ3n) is 1.28. The van der Waals surface area contributed by atoms with E-state index in [2.05, 4.69) is 9.40 Å². The molecule has 0 aromatic carbocycles. The van der Waals surface area contributed by atoms with Crippen LogP contribution in [0.15, 0.2) is 9.21 Å². The normalized spacial score (nSPS) is 11.7. The highest BCUT2D eigenvalue weighted by Gasteiger charge is 2.29. The third kappa shape index (κ3) is 2.27. The van der Waals surface area contributed by atoms with Crippen LogP contribution in [0.4, 0.5) is 0 Å². The van der Waals surface area contributed by atoms with Gasteiger partial charge in [-0.15, -0.1) is 0 Å². The maximum Gasteiger partial charge on any atom is 0.345 e. The van der Waals surface area contributed by atoms with E-state index in [1.54, 1.807) is 0 Å². The van der Waals surface area contributed by atoms with Crippen molar-refractivity contribution in [1.82, 2.24) is 4.98 Å². The van der Waals surface area contributed by atoms with Gasteiger partial charge in [0.1, 0.15) is 0 Å². The number of hydrogen-bond donors (Lipinski definition) is 1. The van der Waals surface area contributed by atoms with Gasteiger partial charge in [0.2, 0.25) is 5.88 Å². The molecule has 0 fully saturated rings. The molecular weight excluding hydrogens is 240 g/mol. The predicted molar refractivity (Wildman–Crippen MR) is 48.4 cm³/mol. The second-order valence-electron chi connectivity index (χ2n) is 2.25. The Balaban J connectivity index is 3.38. The largest absolute Gasteiger partial charge is 0.493 e. The van der Waals surface area contributed by atoms with Gasteiger partial charge in [-0.1, -0.05) is 34.8 Å². The number of aromatic hydroxyl groups is 1. The van der Waals surface area contributed by atoms with E-state index in [0.29, 0.717) is 0 Å². The Kier molecular flexibility index (Phi) is 2.75. The molecule has 1 heterocycles. The van der Waals surface area contributed by atoms with E-state index in [9.17, 15) is 4.79 Å². The summed E-state index contributed by atoms with van der Waals surface area (Å²) >= 11 is 16.1. The minimum atomic E-state index is -1.95. The molecule has 4 nitrogen and oxygen atoms in total. The summed E-state index contributed by atoms with van der Waals surface area (Å²) in [6.07, 6.45) is 0. The van der Waals surface area contributed by atoms with Gasteiger partial charge < -0.3 is 9.52 Å². The zero-order valence-electron chi connectivity index (χ0n) is 6.34. The fraction of sp³-hybridized carbons (Fsp3) is 0.333. The lowest BCUT2D eigenvalue weighted by Crippen LogP contribution is -2.12. The van der Waals surface area contributed by atoms with Gasteiger partial charge in [0.05, 0.1) is 5.56 Å². The number of rotatable bonds is 0. The van der Waals surface area contributed by atoms with Crippen molar-refractivity contribution in [3.63, 3.8) is 0 Å². The summed E-state index contributed by atoms with van der Waals surface area (Å²) < 4.78 is 2.58. The van der Waals surface area contributed by atoms with Crippen LogP contribution in [-0.2, 0) is 3.79 Å². The average Bonchev–Trinajstić information content (AvgIpc) is 1.97. The zero-order chi connectivity index (χ0) is 10.2. The number of halogens is 3. The lowest BCUT2D eigenvalue weighted by atomic mass is 10.4. The van der Waals surface area contributed by atoms with Crippen molar-refractivity contribution in [1.29, 1.82) is 0 Å². The number of aromatic nitrogens is 1. The molecule has 0 atom stereocenters. The van der Waals surface area contributed by atoms with Crippen molar-refractivity contribution < 1.29 is 9.52 Å². The smallest absolute Gasteiger partial charge is 0.345 e. The standard InChI is InChI=1S/C6H4Cl3NO3/c1-2-3(11)10-5(6(7,8)9)13-4(2)12/h11H,1H3. The molecule has 1 N–H and O–H groups in total. The Morgan fingerprint density at radius 3 is 2.38 bits per heavy atom. The molecule has 0 bridgehead atoms. The van der Waals surface area contributed by atoms with Gasteiger partial charge in [0, 0.05) is 0 Å². The second kappa shape index (κ2) is 3.36. The molecule has 0 saturated carbocycles. The van der Waals surface area contributed by atoms with E-state index in [1.807, 2.05) is 0 Å². The molecule has 1 aromatic heterocycles. The summed E-state index contributed by atoms with van der Waals surface area (Å²) in [5.41, 5.74) is -0.813. The molecule has 1 aromatic rings. The molecule has 1 rings (SSSR count). The number of alkyl halides is 3. The first-order valence-corrected chi connectivity index (χ1v) is 4.23. The van der Waals surface area contributed by atoms with E-state index in [0.717, 1.165) is 0 Å². The van der Waals surface area contributed by atoms with E-state index in [1.165, 1.54) is 6.92 Å². The third-order valence-corrected chi connectivity index (χ3v) is 1.77. The Morgan fingerprint density at radius 2 is 2.00 bits per heavy atom. The van der Waals surface area contributed by atoms with E-state index < -0.39 is 21.2 Å². The topological polar surface area (TPSA) is 63.3 Å². The molecule has 0 aliphatic rings. The minimum absolute atomic E-state index is 0.0296. The van der Waals surface area contributed by atoms with Crippen molar-refractivity contribution in [2.75, 3.05) is 0 Å². The lowest BCUT2D eigenvalue weighted by Gasteiger charge is -2.07. The molecule has 0 amide bonds. The highest BCUT2D eigenvalue weighted by molar-refractivity contribution is 6.66. The van der Waals surface area contributed by atoms with E-state index >= 15 is 0 Å². The van der Waals surface area contributed by atoms with Crippen LogP contribution in [0.5, 0.6) is 5.88 Å². The van der Waals surface area contributed by atoms with Crippen LogP contribution >= 0.6 is 34.8 Å². The molecule has 0 spiro atoms. The van der Waals surface area contributed by atoms with Crippen molar-refractivity contribution in [2.24, 2.45) is 0 Å². The van der Waals surface area contributed by atoms with Crippen LogP contribution < -0.4 is 5.63 Å². The van der Waals surface area contributed by atoms with Crippen LogP contribution in [0.25, 0.3) is 0 Å². The highest BCUT2D eigenvalue weighted by Crippen LogP contribution is 2.36. The van der Waals surface area contributed by atoms with Crippen LogP contribution in [0.1, 0.15) is 11.5 Å². The highest BCUT2D eigenvalue weighted by atomic mass is 35.6. The fourth-order valence-corrected chi connectivity index (χ4v) is 0.822. The monoisotopic (exact) mass is 243 g/mol. The van der Waals surface area contributed by atoms with Crippen molar-refractivity contribution in [3.05, 3.63) is 21.9 Å². The lowest BCUT2D eigenvalue weighted by molar-refractivity contribution is 0.382. The van der Waals surface area contributed by atoms with Crippen molar-refractivity contribution >= 4 is 34.8 Å². The van der Waals surface area contributed by atoms with Gasteiger partial charge >= 0.3 is 5.63 Å². The summed E-state index contributed by atoms with van der Waals surface area (Å²) in [5.74, 6) is -0.955. The van der Waals surface area contributed by atoms with Gasteiger partial charge in [-0.3, -0.25) is 0 Å². The zero-order valence-corrected chi connectivity index (χ0v) is 8.61. The molecule has 7 heteroatoms. The van der Waals surface area contributed by atoms with Crippen LogP contribution in [0.2, 0.25) is 0 Å². The second-order valence-corrected chi connectivity index (χ2v) is 4.53. The Bertz CT molecular complexity index is 382. The Hall–Kier alpha value is -0.450. The summed E-state index contributed by atoms with van der Waals surface area (Å²) in [6.45, 7) is 1.34. The molecule has 0 radical (unpaired) electrons. The average molecular weight is 244 g/mol. The van der Waals surface area contributed by atoms with Gasteiger partial charge in [-0.2, -0.15) is 4.98 Å². The summed E-state index contributed by atoms with van der Waals surface area (Å²) in [5, 5.41) is 9.10. The molecule has 72 valence electrons. The van der Waals surface area contributed by atoms with Gasteiger partial charge in [0.25, 0.3) is 9.68 Å². The number of hydrogen-bond acceptors (Lipinski definition) is 4. The SMILES string of the molecule is Cc1c(O)nc(C(Cl)(Cl)Cl)oc1=O. The van der Waals surface area contributed by atoms with Gasteiger partial charge in [-0.25, -0.2) is 4.79 Å². The molecule has 0 saturated heterocycles. The first kappa shape index (κ1) is 10.6. The van der Waals surface area contributed by atoms with Crippen LogP contribution in [0, 0.1) is 6.92 Å². The Morgan fingerprint density at radius 1 is 1.46 bits per heavy atom. The quantitative estimate of drug-likeness (QED) is 0.708. The van der Waals surface area contributed by atoms with Gasteiger partial charge in [0.15, 0.2) is 0 Å². The number of nitrogens with zero attached hydrogens (tertiary/aromatic N) is 1. The van der Waals surface area contributed by atoms with E-state index in [-0.39, 0.29) is 5.56 Å². The molecule has 0 unspecified atom stereocenters. The summed E-state index contributed by atoms with van der Waals surface area (Å²) in [6, 6.07) is 0. The van der Waals surface area contributed by atoms with Crippen LogP contribution in [-0.4, -0.2) is 10.1 Å². The minimum Gasteiger partial charge on any atom is -0.493 e. The predicted octanol–water partition coefficient (Wildman–Crippen LogP) is 1.88. The Labute approximate surface area is 88.1 Å². The maximum absolute atomic E-state index is 11.0.